The Labute approximate surface area is 175 Å². The molecule has 1 saturated heterocycles. The predicted octanol–water partition coefficient (Wildman–Crippen LogP) is 3.02. The summed E-state index contributed by atoms with van der Waals surface area (Å²) in [6, 6.07) is 0. The molecule has 0 aromatic carbocycles. The number of nitrogens with zero attached hydrogens (tertiary/aromatic N) is 1. The van der Waals surface area contributed by atoms with Crippen LogP contribution in [0.4, 0.5) is 5.00 Å². The van der Waals surface area contributed by atoms with Crippen LogP contribution in [0.5, 0.6) is 0 Å². The minimum atomic E-state index is -0.359. The van der Waals surface area contributed by atoms with Crippen LogP contribution < -0.4 is 5.32 Å². The van der Waals surface area contributed by atoms with E-state index in [0.29, 0.717) is 30.3 Å². The van der Waals surface area contributed by atoms with Gasteiger partial charge in [-0.3, -0.25) is 14.5 Å². The van der Waals surface area contributed by atoms with Crippen molar-refractivity contribution in [2.75, 3.05) is 38.2 Å². The van der Waals surface area contributed by atoms with Crippen molar-refractivity contribution >= 4 is 34.2 Å². The zero-order chi connectivity index (χ0) is 20.8. The molecule has 29 heavy (non-hydrogen) atoms. The summed E-state index contributed by atoms with van der Waals surface area (Å²) in [5.74, 6) is -0.894. The van der Waals surface area contributed by atoms with Crippen LogP contribution in [0.2, 0.25) is 0 Å². The maximum Gasteiger partial charge on any atom is 0.341 e. The molecule has 3 rings (SSSR count). The standard InChI is InChI=1S/C21H30N2O5S/c1-3-27-20(25)14-8-7-11-23(12-14)13-17(24)22-19-18(21(26)28-4-2)15-9-5-6-10-16(15)29-19/h14H,3-13H2,1-2H3,(H,22,24). The van der Waals surface area contributed by atoms with Crippen LogP contribution >= 0.6 is 11.3 Å². The summed E-state index contributed by atoms with van der Waals surface area (Å²) >= 11 is 1.49. The molecule has 0 bridgehead atoms. The molecule has 2 aliphatic rings. The van der Waals surface area contributed by atoms with Crippen molar-refractivity contribution in [1.82, 2.24) is 4.90 Å². The van der Waals surface area contributed by atoms with Crippen LogP contribution in [-0.4, -0.2) is 55.6 Å². The maximum atomic E-state index is 12.7. The van der Waals surface area contributed by atoms with Gasteiger partial charge in [0.05, 0.1) is 31.2 Å². The molecule has 8 heteroatoms. The Kier molecular flexibility index (Phi) is 7.66. The maximum absolute atomic E-state index is 12.7. The summed E-state index contributed by atoms with van der Waals surface area (Å²) < 4.78 is 10.4. The van der Waals surface area contributed by atoms with Gasteiger partial charge in [0.25, 0.3) is 0 Å². The topological polar surface area (TPSA) is 84.9 Å². The molecule has 1 aromatic rings. The number of rotatable bonds is 7. The van der Waals surface area contributed by atoms with Crippen LogP contribution in [0, 0.1) is 5.92 Å². The number of carbonyl (C=O) groups excluding carboxylic acids is 3. The number of ether oxygens (including phenoxy) is 2. The summed E-state index contributed by atoms with van der Waals surface area (Å²) in [4.78, 5) is 40.4. The Morgan fingerprint density at radius 3 is 2.62 bits per heavy atom. The van der Waals surface area contributed by atoms with Gasteiger partial charge < -0.3 is 14.8 Å². The number of likely N-dealkylation sites (tertiary alicyclic amines) is 1. The van der Waals surface area contributed by atoms with E-state index in [1.165, 1.54) is 16.2 Å². The van der Waals surface area contributed by atoms with Crippen molar-refractivity contribution in [2.45, 2.75) is 52.4 Å². The molecule has 1 N–H and O–H groups in total. The highest BCUT2D eigenvalue weighted by Gasteiger charge is 2.30. The van der Waals surface area contributed by atoms with Crippen LogP contribution in [0.3, 0.4) is 0 Å². The summed E-state index contributed by atoms with van der Waals surface area (Å²) in [5, 5.41) is 3.54. The number of amides is 1. The first-order valence-corrected chi connectivity index (χ1v) is 11.4. The van der Waals surface area contributed by atoms with E-state index < -0.39 is 0 Å². The number of piperidine rings is 1. The normalized spacial score (nSPS) is 19.3. The van der Waals surface area contributed by atoms with Crippen LogP contribution in [0.15, 0.2) is 0 Å². The minimum absolute atomic E-state index is 0.168. The van der Waals surface area contributed by atoms with E-state index in [0.717, 1.165) is 50.6 Å². The molecule has 1 fully saturated rings. The zero-order valence-corrected chi connectivity index (χ0v) is 18.1. The van der Waals surface area contributed by atoms with Crippen molar-refractivity contribution in [3.63, 3.8) is 0 Å². The Morgan fingerprint density at radius 2 is 1.86 bits per heavy atom. The number of carbonyl (C=O) groups is 3. The highest BCUT2D eigenvalue weighted by atomic mass is 32.1. The molecule has 160 valence electrons. The third-order valence-corrected chi connectivity index (χ3v) is 6.60. The van der Waals surface area contributed by atoms with E-state index in [1.807, 2.05) is 4.90 Å². The van der Waals surface area contributed by atoms with E-state index in [9.17, 15) is 14.4 Å². The lowest BCUT2D eigenvalue weighted by Crippen LogP contribution is -2.43. The summed E-state index contributed by atoms with van der Waals surface area (Å²) in [5.41, 5.74) is 1.57. The summed E-state index contributed by atoms with van der Waals surface area (Å²) in [7, 11) is 0. The van der Waals surface area contributed by atoms with Gasteiger partial charge in [-0.25, -0.2) is 4.79 Å². The number of nitrogens with one attached hydrogen (secondary N) is 1. The Balaban J connectivity index is 1.66. The molecule has 0 spiro atoms. The highest BCUT2D eigenvalue weighted by Crippen LogP contribution is 2.38. The Morgan fingerprint density at radius 1 is 1.10 bits per heavy atom. The molecule has 1 aliphatic heterocycles. The fraction of sp³-hybridized carbons (Fsp3) is 0.667. The van der Waals surface area contributed by atoms with Gasteiger partial charge in [-0.1, -0.05) is 0 Å². The van der Waals surface area contributed by atoms with E-state index >= 15 is 0 Å². The fourth-order valence-corrected chi connectivity index (χ4v) is 5.39. The Hall–Kier alpha value is -1.93. The first-order valence-electron chi connectivity index (χ1n) is 10.5. The summed E-state index contributed by atoms with van der Waals surface area (Å²) in [6.07, 6.45) is 5.59. The quantitative estimate of drug-likeness (QED) is 0.680. The SMILES string of the molecule is CCOC(=O)c1c(NC(=O)CN2CCCC(C(=O)OCC)C2)sc2c1CCCC2. The first-order chi connectivity index (χ1) is 14.0. The second kappa shape index (κ2) is 10.2. The molecule has 1 aromatic heterocycles. The summed E-state index contributed by atoms with van der Waals surface area (Å²) in [6.45, 7) is 5.75. The molecule has 7 nitrogen and oxygen atoms in total. The van der Waals surface area contributed by atoms with Gasteiger partial charge in [0, 0.05) is 11.4 Å². The lowest BCUT2D eigenvalue weighted by atomic mass is 9.95. The van der Waals surface area contributed by atoms with E-state index in [2.05, 4.69) is 5.32 Å². The number of fused-ring (bicyclic) bond motifs is 1. The molecule has 0 saturated carbocycles. The second-order valence-electron chi connectivity index (χ2n) is 7.51. The lowest BCUT2D eigenvalue weighted by Gasteiger charge is -2.30. The van der Waals surface area contributed by atoms with Gasteiger partial charge in [-0.05, 0) is 64.5 Å². The van der Waals surface area contributed by atoms with Crippen molar-refractivity contribution in [3.05, 3.63) is 16.0 Å². The third-order valence-electron chi connectivity index (χ3n) is 5.40. The first kappa shape index (κ1) is 21.8. The number of hydrogen-bond donors (Lipinski definition) is 1. The average Bonchev–Trinajstić information content (AvgIpc) is 3.06. The van der Waals surface area contributed by atoms with Crippen molar-refractivity contribution in [2.24, 2.45) is 5.92 Å². The zero-order valence-electron chi connectivity index (χ0n) is 17.3. The van der Waals surface area contributed by atoms with Crippen LogP contribution in [-0.2, 0) is 31.9 Å². The van der Waals surface area contributed by atoms with Crippen LogP contribution in [0.1, 0.15) is 60.3 Å². The third kappa shape index (κ3) is 5.36. The van der Waals surface area contributed by atoms with Gasteiger partial charge in [-0.2, -0.15) is 0 Å². The minimum Gasteiger partial charge on any atom is -0.466 e. The van der Waals surface area contributed by atoms with E-state index in [-0.39, 0.29) is 30.3 Å². The molecule has 2 heterocycles. The number of esters is 2. The highest BCUT2D eigenvalue weighted by molar-refractivity contribution is 7.17. The molecule has 1 unspecified atom stereocenters. The number of anilines is 1. The largest absolute Gasteiger partial charge is 0.466 e. The molecular weight excluding hydrogens is 392 g/mol. The molecule has 1 amide bonds. The second-order valence-corrected chi connectivity index (χ2v) is 8.62. The van der Waals surface area contributed by atoms with Gasteiger partial charge >= 0.3 is 11.9 Å². The van der Waals surface area contributed by atoms with Crippen molar-refractivity contribution < 1.29 is 23.9 Å². The molecule has 1 atom stereocenters. The van der Waals surface area contributed by atoms with E-state index in [4.69, 9.17) is 9.47 Å². The fourth-order valence-electron chi connectivity index (χ4n) is 4.09. The van der Waals surface area contributed by atoms with Gasteiger partial charge in [0.15, 0.2) is 0 Å². The molecular formula is C21H30N2O5S. The van der Waals surface area contributed by atoms with Crippen molar-refractivity contribution in [1.29, 1.82) is 0 Å². The molecule has 1 aliphatic carbocycles. The van der Waals surface area contributed by atoms with E-state index in [1.54, 1.807) is 13.8 Å². The monoisotopic (exact) mass is 422 g/mol. The number of thiophene rings is 1. The van der Waals surface area contributed by atoms with Gasteiger partial charge in [0.2, 0.25) is 5.91 Å². The smallest absolute Gasteiger partial charge is 0.341 e. The van der Waals surface area contributed by atoms with Gasteiger partial charge in [0.1, 0.15) is 5.00 Å². The number of hydrogen-bond acceptors (Lipinski definition) is 7. The van der Waals surface area contributed by atoms with Crippen molar-refractivity contribution in [3.8, 4) is 0 Å². The molecule has 0 radical (unpaired) electrons. The van der Waals surface area contributed by atoms with Crippen LogP contribution in [0.25, 0.3) is 0 Å². The number of aryl methyl sites for hydroxylation is 1. The average molecular weight is 423 g/mol. The lowest BCUT2D eigenvalue weighted by molar-refractivity contribution is -0.150. The van der Waals surface area contributed by atoms with Gasteiger partial charge in [-0.15, -0.1) is 11.3 Å². The Bertz CT molecular complexity index is 760. The predicted molar refractivity (Wildman–Crippen MR) is 111 cm³/mol.